The van der Waals surface area contributed by atoms with Crippen LogP contribution in [0.3, 0.4) is 0 Å². The number of pyridine rings is 1. The molecule has 0 fully saturated rings. The minimum Gasteiger partial charge on any atom is -0.353 e. The van der Waals surface area contributed by atoms with Crippen LogP contribution >= 0.6 is 15.9 Å². The van der Waals surface area contributed by atoms with Crippen LogP contribution in [0.2, 0.25) is 0 Å². The van der Waals surface area contributed by atoms with Crippen LogP contribution in [0.15, 0.2) is 47.2 Å². The van der Waals surface area contributed by atoms with Gasteiger partial charge in [-0.2, -0.15) is 21.6 Å². The minimum atomic E-state index is -5.50. The van der Waals surface area contributed by atoms with Gasteiger partial charge in [0.2, 0.25) is 0 Å². The van der Waals surface area contributed by atoms with Crippen LogP contribution in [-0.2, 0) is 10.0 Å². The molecule has 2 aromatic rings. The topological polar surface area (TPSA) is 71.1 Å². The van der Waals surface area contributed by atoms with Gasteiger partial charge in [-0.15, -0.1) is 0 Å². The Morgan fingerprint density at radius 3 is 2.50 bits per heavy atom. The Balaban J connectivity index is 2.32. The molecule has 0 amide bonds. The Labute approximate surface area is 132 Å². The van der Waals surface area contributed by atoms with Gasteiger partial charge in [-0.25, -0.2) is 0 Å². The predicted octanol–water partition coefficient (Wildman–Crippen LogP) is 3.85. The van der Waals surface area contributed by atoms with E-state index in [0.29, 0.717) is 5.69 Å². The zero-order valence-electron chi connectivity index (χ0n) is 10.7. The summed E-state index contributed by atoms with van der Waals surface area (Å²) in [5.41, 5.74) is -5.01. The summed E-state index contributed by atoms with van der Waals surface area (Å²) < 4.78 is 61.9. The van der Waals surface area contributed by atoms with Gasteiger partial charge in [-0.05, 0) is 24.3 Å². The average Bonchev–Trinajstić information content (AvgIpc) is 2.39. The van der Waals surface area contributed by atoms with E-state index in [1.54, 1.807) is 24.3 Å². The van der Waals surface area contributed by atoms with E-state index in [2.05, 4.69) is 26.2 Å². The molecule has 0 bridgehead atoms. The molecule has 22 heavy (non-hydrogen) atoms. The Hall–Kier alpha value is -1.81. The third-order valence-corrected chi connectivity index (χ3v) is 4.07. The van der Waals surface area contributed by atoms with Crippen molar-refractivity contribution in [2.75, 3.05) is 10.0 Å². The summed E-state index contributed by atoms with van der Waals surface area (Å²) in [6, 6.07) is 7.95. The molecule has 0 atom stereocenters. The van der Waals surface area contributed by atoms with E-state index >= 15 is 0 Å². The zero-order chi connectivity index (χ0) is 16.4. The van der Waals surface area contributed by atoms with Crippen molar-refractivity contribution >= 4 is 43.0 Å². The lowest BCUT2D eigenvalue weighted by molar-refractivity contribution is -0.0429. The van der Waals surface area contributed by atoms with E-state index in [1.165, 1.54) is 17.1 Å². The van der Waals surface area contributed by atoms with Gasteiger partial charge in [0.25, 0.3) is 0 Å². The fourth-order valence-electron chi connectivity index (χ4n) is 1.51. The molecular formula is C12H9BrF3N3O2S. The quantitative estimate of drug-likeness (QED) is 0.824. The van der Waals surface area contributed by atoms with Crippen molar-refractivity contribution in [1.82, 2.24) is 4.98 Å². The molecule has 0 aliphatic carbocycles. The van der Waals surface area contributed by atoms with E-state index in [-0.39, 0.29) is 11.4 Å². The van der Waals surface area contributed by atoms with Crippen molar-refractivity contribution in [2.45, 2.75) is 5.51 Å². The molecule has 0 spiro atoms. The second-order valence-corrected chi connectivity index (χ2v) is 6.70. The normalized spacial score (nSPS) is 12.0. The number of sulfonamides is 1. The summed E-state index contributed by atoms with van der Waals surface area (Å²) >= 11 is 3.25. The first-order chi connectivity index (χ1) is 10.2. The number of hydrogen-bond acceptors (Lipinski definition) is 4. The Morgan fingerprint density at radius 1 is 1.14 bits per heavy atom. The standard InChI is InChI=1S/C12H9BrF3N3O2S/c13-8-2-1-3-9(6-8)18-11-7-17-5-4-10(11)19-22(20,21)12(14,15)16/h1-7,18H,(H,17,19). The van der Waals surface area contributed by atoms with Gasteiger partial charge in [0.15, 0.2) is 0 Å². The molecule has 0 radical (unpaired) electrons. The van der Waals surface area contributed by atoms with Gasteiger partial charge in [0.05, 0.1) is 17.6 Å². The maximum atomic E-state index is 12.4. The molecule has 0 unspecified atom stereocenters. The van der Waals surface area contributed by atoms with E-state index in [0.717, 1.165) is 10.5 Å². The number of anilines is 3. The fraction of sp³-hybridized carbons (Fsp3) is 0.0833. The summed E-state index contributed by atoms with van der Waals surface area (Å²) in [5, 5.41) is 2.80. The molecule has 0 aliphatic heterocycles. The van der Waals surface area contributed by atoms with Gasteiger partial charge in [-0.3, -0.25) is 9.71 Å². The molecular weight excluding hydrogens is 387 g/mol. The molecule has 10 heteroatoms. The third-order valence-electron chi connectivity index (χ3n) is 2.47. The number of halogens is 4. The number of alkyl halides is 3. The van der Waals surface area contributed by atoms with Crippen molar-refractivity contribution < 1.29 is 21.6 Å². The number of hydrogen-bond donors (Lipinski definition) is 2. The summed E-state index contributed by atoms with van der Waals surface area (Å²) in [4.78, 5) is 3.77. The lowest BCUT2D eigenvalue weighted by atomic mass is 10.3. The van der Waals surface area contributed by atoms with Crippen molar-refractivity contribution in [3.63, 3.8) is 0 Å². The van der Waals surface area contributed by atoms with E-state index in [4.69, 9.17) is 0 Å². The molecule has 118 valence electrons. The second kappa shape index (κ2) is 6.13. The molecule has 2 N–H and O–H groups in total. The van der Waals surface area contributed by atoms with E-state index < -0.39 is 15.5 Å². The second-order valence-electron chi connectivity index (χ2n) is 4.11. The summed E-state index contributed by atoms with van der Waals surface area (Å²) in [6.07, 6.45) is 2.40. The molecule has 0 saturated heterocycles. The SMILES string of the molecule is O=S(=O)(Nc1ccncc1Nc1cccc(Br)c1)C(F)(F)F. The molecule has 1 aromatic carbocycles. The van der Waals surface area contributed by atoms with Crippen molar-refractivity contribution in [3.8, 4) is 0 Å². The largest absolute Gasteiger partial charge is 0.516 e. The minimum absolute atomic E-state index is 0.0911. The van der Waals surface area contributed by atoms with Crippen LogP contribution in [0.25, 0.3) is 0 Å². The number of benzene rings is 1. The number of rotatable bonds is 4. The van der Waals surface area contributed by atoms with E-state index in [9.17, 15) is 21.6 Å². The smallest absolute Gasteiger partial charge is 0.353 e. The fourth-order valence-corrected chi connectivity index (χ4v) is 2.49. The predicted molar refractivity (Wildman–Crippen MR) is 80.3 cm³/mol. The Kier molecular flexibility index (Phi) is 4.61. The highest BCUT2D eigenvalue weighted by Gasteiger charge is 2.46. The van der Waals surface area contributed by atoms with Crippen LogP contribution in [0.4, 0.5) is 30.2 Å². The first kappa shape index (κ1) is 16.6. The molecule has 1 heterocycles. The highest BCUT2D eigenvalue weighted by Crippen LogP contribution is 2.30. The molecule has 0 aliphatic rings. The maximum absolute atomic E-state index is 12.4. The third kappa shape index (κ3) is 3.89. The number of aromatic nitrogens is 1. The van der Waals surface area contributed by atoms with E-state index in [1.807, 2.05) is 0 Å². The number of nitrogens with one attached hydrogen (secondary N) is 2. The van der Waals surface area contributed by atoms with Crippen molar-refractivity contribution in [1.29, 1.82) is 0 Å². The van der Waals surface area contributed by atoms with Gasteiger partial charge < -0.3 is 5.32 Å². The lowest BCUT2D eigenvalue weighted by Crippen LogP contribution is -2.30. The lowest BCUT2D eigenvalue weighted by Gasteiger charge is -2.15. The van der Waals surface area contributed by atoms with Crippen LogP contribution < -0.4 is 10.0 Å². The van der Waals surface area contributed by atoms with Crippen LogP contribution in [0.1, 0.15) is 0 Å². The van der Waals surface area contributed by atoms with Gasteiger partial charge in [-0.1, -0.05) is 22.0 Å². The highest BCUT2D eigenvalue weighted by atomic mass is 79.9. The molecule has 1 aromatic heterocycles. The van der Waals surface area contributed by atoms with Gasteiger partial charge in [0.1, 0.15) is 0 Å². The van der Waals surface area contributed by atoms with Crippen molar-refractivity contribution in [2.24, 2.45) is 0 Å². The van der Waals surface area contributed by atoms with Gasteiger partial charge >= 0.3 is 15.5 Å². The number of nitrogens with zero attached hydrogens (tertiary/aromatic N) is 1. The maximum Gasteiger partial charge on any atom is 0.516 e. The summed E-state index contributed by atoms with van der Waals surface area (Å²) in [6.45, 7) is 0. The van der Waals surface area contributed by atoms with Crippen molar-refractivity contribution in [3.05, 3.63) is 47.2 Å². The first-order valence-corrected chi connectivity index (χ1v) is 8.02. The zero-order valence-corrected chi connectivity index (χ0v) is 13.1. The molecule has 5 nitrogen and oxygen atoms in total. The molecule has 2 rings (SSSR count). The Bertz CT molecular complexity index is 781. The monoisotopic (exact) mass is 395 g/mol. The van der Waals surface area contributed by atoms with Crippen LogP contribution in [0.5, 0.6) is 0 Å². The first-order valence-electron chi connectivity index (χ1n) is 5.75. The summed E-state index contributed by atoms with van der Waals surface area (Å²) in [7, 11) is -5.50. The highest BCUT2D eigenvalue weighted by molar-refractivity contribution is 9.10. The van der Waals surface area contributed by atoms with Gasteiger partial charge in [0, 0.05) is 16.4 Å². The summed E-state index contributed by atoms with van der Waals surface area (Å²) in [5.74, 6) is 0. The average molecular weight is 396 g/mol. The van der Waals surface area contributed by atoms with Crippen LogP contribution in [-0.4, -0.2) is 18.9 Å². The Morgan fingerprint density at radius 2 is 1.86 bits per heavy atom. The van der Waals surface area contributed by atoms with Crippen LogP contribution in [0, 0.1) is 0 Å². The molecule has 0 saturated carbocycles.